The first-order valence-electron chi connectivity index (χ1n) is 2.87. The molecule has 0 amide bonds. The zero-order chi connectivity index (χ0) is 7.28. The Hall–Kier alpha value is -0.610. The van der Waals surface area contributed by atoms with Crippen LogP contribution in [-0.2, 0) is 4.79 Å². The SMILES string of the molecule is CCNCC(N)C(=O)O. The summed E-state index contributed by atoms with van der Waals surface area (Å²) in [5.74, 6) is -0.962. The van der Waals surface area contributed by atoms with E-state index in [2.05, 4.69) is 5.32 Å². The summed E-state index contributed by atoms with van der Waals surface area (Å²) in [5, 5.41) is 11.1. The second-order valence-corrected chi connectivity index (χ2v) is 1.75. The van der Waals surface area contributed by atoms with E-state index in [0.717, 1.165) is 6.54 Å². The molecule has 0 aromatic rings. The van der Waals surface area contributed by atoms with E-state index in [1.807, 2.05) is 6.92 Å². The Morgan fingerprint density at radius 1 is 1.89 bits per heavy atom. The molecule has 54 valence electrons. The number of nitrogens with two attached hydrogens (primary N) is 1. The van der Waals surface area contributed by atoms with E-state index in [1.165, 1.54) is 0 Å². The molecule has 0 spiro atoms. The van der Waals surface area contributed by atoms with Gasteiger partial charge >= 0.3 is 5.97 Å². The van der Waals surface area contributed by atoms with E-state index in [4.69, 9.17) is 10.8 Å². The molecule has 1 unspecified atom stereocenters. The fraction of sp³-hybridized carbons (Fsp3) is 0.800. The van der Waals surface area contributed by atoms with E-state index < -0.39 is 12.0 Å². The van der Waals surface area contributed by atoms with Gasteiger partial charge in [0.1, 0.15) is 6.04 Å². The van der Waals surface area contributed by atoms with Gasteiger partial charge in [-0.3, -0.25) is 4.79 Å². The van der Waals surface area contributed by atoms with Crippen LogP contribution in [0.5, 0.6) is 0 Å². The number of rotatable bonds is 4. The first-order chi connectivity index (χ1) is 4.18. The van der Waals surface area contributed by atoms with Crippen LogP contribution in [0.2, 0.25) is 0 Å². The van der Waals surface area contributed by atoms with Crippen molar-refractivity contribution in [1.29, 1.82) is 0 Å². The highest BCUT2D eigenvalue weighted by atomic mass is 16.4. The number of aliphatic carboxylic acids is 1. The lowest BCUT2D eigenvalue weighted by molar-refractivity contribution is -0.138. The van der Waals surface area contributed by atoms with Crippen molar-refractivity contribution in [3.8, 4) is 0 Å². The van der Waals surface area contributed by atoms with Crippen molar-refractivity contribution in [2.75, 3.05) is 13.1 Å². The molecule has 0 aliphatic rings. The van der Waals surface area contributed by atoms with Crippen LogP contribution in [0.4, 0.5) is 0 Å². The zero-order valence-corrected chi connectivity index (χ0v) is 5.42. The summed E-state index contributed by atoms with van der Waals surface area (Å²) in [6.07, 6.45) is 0. The maximum Gasteiger partial charge on any atom is 0.321 e. The third kappa shape index (κ3) is 3.93. The lowest BCUT2D eigenvalue weighted by Gasteiger charge is -2.04. The van der Waals surface area contributed by atoms with Crippen molar-refractivity contribution in [3.05, 3.63) is 0 Å². The van der Waals surface area contributed by atoms with Crippen LogP contribution in [0.1, 0.15) is 6.92 Å². The maximum atomic E-state index is 10.0. The van der Waals surface area contributed by atoms with Crippen molar-refractivity contribution in [2.24, 2.45) is 5.73 Å². The molecule has 0 aliphatic heterocycles. The Morgan fingerprint density at radius 2 is 2.44 bits per heavy atom. The van der Waals surface area contributed by atoms with E-state index in [1.54, 1.807) is 0 Å². The molecule has 0 aromatic heterocycles. The summed E-state index contributed by atoms with van der Waals surface area (Å²) >= 11 is 0. The molecule has 9 heavy (non-hydrogen) atoms. The summed E-state index contributed by atoms with van der Waals surface area (Å²) in [5.41, 5.74) is 5.14. The highest BCUT2D eigenvalue weighted by molar-refractivity contribution is 5.73. The molecule has 4 nitrogen and oxygen atoms in total. The van der Waals surface area contributed by atoms with Gasteiger partial charge < -0.3 is 16.2 Å². The number of carboxylic acid groups (broad SMARTS) is 1. The predicted octanol–water partition coefficient (Wildman–Crippen LogP) is -0.992. The fourth-order valence-electron chi connectivity index (χ4n) is 0.387. The van der Waals surface area contributed by atoms with Crippen LogP contribution >= 0.6 is 0 Å². The molecular formula is C5H12N2O2. The molecule has 0 saturated heterocycles. The Balaban J connectivity index is 3.27. The third-order valence-corrected chi connectivity index (χ3v) is 0.931. The first-order valence-corrected chi connectivity index (χ1v) is 2.87. The monoisotopic (exact) mass is 132 g/mol. The number of carbonyl (C=O) groups is 1. The molecule has 4 heteroatoms. The average molecular weight is 132 g/mol. The molecular weight excluding hydrogens is 120 g/mol. The van der Waals surface area contributed by atoms with Gasteiger partial charge in [-0.1, -0.05) is 6.92 Å². The van der Waals surface area contributed by atoms with Gasteiger partial charge in [0.15, 0.2) is 0 Å². The van der Waals surface area contributed by atoms with E-state index in [0.29, 0.717) is 6.54 Å². The van der Waals surface area contributed by atoms with Gasteiger partial charge in [0, 0.05) is 6.54 Å². The van der Waals surface area contributed by atoms with Crippen LogP contribution in [0.3, 0.4) is 0 Å². The molecule has 0 radical (unpaired) electrons. The topological polar surface area (TPSA) is 75.3 Å². The number of carboxylic acids is 1. The van der Waals surface area contributed by atoms with Crippen molar-refractivity contribution in [1.82, 2.24) is 5.32 Å². The van der Waals surface area contributed by atoms with Crippen LogP contribution in [0.15, 0.2) is 0 Å². The molecule has 0 rings (SSSR count). The van der Waals surface area contributed by atoms with Gasteiger partial charge in [-0.05, 0) is 6.54 Å². The lowest BCUT2D eigenvalue weighted by Crippen LogP contribution is -2.40. The summed E-state index contributed by atoms with van der Waals surface area (Å²) < 4.78 is 0. The van der Waals surface area contributed by atoms with Crippen LogP contribution < -0.4 is 11.1 Å². The summed E-state index contributed by atoms with van der Waals surface area (Å²) in [4.78, 5) is 10.0. The van der Waals surface area contributed by atoms with Gasteiger partial charge in [0.25, 0.3) is 0 Å². The molecule has 0 aromatic carbocycles. The number of hydrogen-bond donors (Lipinski definition) is 3. The number of likely N-dealkylation sites (N-methyl/N-ethyl adjacent to an activating group) is 1. The highest BCUT2D eigenvalue weighted by Crippen LogP contribution is 1.73. The molecule has 0 aliphatic carbocycles. The van der Waals surface area contributed by atoms with E-state index in [9.17, 15) is 4.79 Å². The Kier molecular flexibility index (Phi) is 4.00. The highest BCUT2D eigenvalue weighted by Gasteiger charge is 2.08. The zero-order valence-electron chi connectivity index (χ0n) is 5.42. The van der Waals surface area contributed by atoms with Gasteiger partial charge in [-0.15, -0.1) is 0 Å². The summed E-state index contributed by atoms with van der Waals surface area (Å²) in [6.45, 7) is 2.99. The van der Waals surface area contributed by atoms with Crippen molar-refractivity contribution < 1.29 is 9.90 Å². The van der Waals surface area contributed by atoms with Crippen LogP contribution in [0, 0.1) is 0 Å². The number of nitrogens with one attached hydrogen (secondary N) is 1. The minimum absolute atomic E-state index is 0.339. The maximum absolute atomic E-state index is 10.0. The molecule has 0 bridgehead atoms. The minimum Gasteiger partial charge on any atom is -0.480 e. The minimum atomic E-state index is -0.962. The third-order valence-electron chi connectivity index (χ3n) is 0.931. The smallest absolute Gasteiger partial charge is 0.321 e. The summed E-state index contributed by atoms with van der Waals surface area (Å²) in [6, 6.07) is -0.773. The molecule has 4 N–H and O–H groups in total. The summed E-state index contributed by atoms with van der Waals surface area (Å²) in [7, 11) is 0. The average Bonchev–Trinajstić information content (AvgIpc) is 1.82. The van der Waals surface area contributed by atoms with Gasteiger partial charge in [0.2, 0.25) is 0 Å². The quantitative estimate of drug-likeness (QED) is 0.459. The second kappa shape index (κ2) is 4.29. The Morgan fingerprint density at radius 3 is 2.78 bits per heavy atom. The number of hydrogen-bond acceptors (Lipinski definition) is 3. The Labute approximate surface area is 54.0 Å². The second-order valence-electron chi connectivity index (χ2n) is 1.75. The lowest BCUT2D eigenvalue weighted by atomic mass is 10.3. The Bertz CT molecular complexity index is 95.0. The van der Waals surface area contributed by atoms with Crippen molar-refractivity contribution in [2.45, 2.75) is 13.0 Å². The molecule has 1 atom stereocenters. The molecule has 0 heterocycles. The standard InChI is InChI=1S/C5H12N2O2/c1-2-7-3-4(6)5(8)9/h4,7H,2-3,6H2,1H3,(H,8,9). The van der Waals surface area contributed by atoms with Crippen molar-refractivity contribution in [3.63, 3.8) is 0 Å². The van der Waals surface area contributed by atoms with Gasteiger partial charge in [-0.2, -0.15) is 0 Å². The molecule has 0 saturated carbocycles. The normalized spacial score (nSPS) is 13.1. The van der Waals surface area contributed by atoms with Crippen LogP contribution in [0.25, 0.3) is 0 Å². The van der Waals surface area contributed by atoms with Crippen LogP contribution in [-0.4, -0.2) is 30.2 Å². The predicted molar refractivity (Wildman–Crippen MR) is 34.2 cm³/mol. The first kappa shape index (κ1) is 8.39. The van der Waals surface area contributed by atoms with E-state index >= 15 is 0 Å². The van der Waals surface area contributed by atoms with Gasteiger partial charge in [-0.25, -0.2) is 0 Å². The largest absolute Gasteiger partial charge is 0.480 e. The fourth-order valence-corrected chi connectivity index (χ4v) is 0.387. The molecule has 0 fully saturated rings. The van der Waals surface area contributed by atoms with Crippen molar-refractivity contribution >= 4 is 5.97 Å². The van der Waals surface area contributed by atoms with Gasteiger partial charge in [0.05, 0.1) is 0 Å². The van der Waals surface area contributed by atoms with E-state index in [-0.39, 0.29) is 0 Å².